The predicted octanol–water partition coefficient (Wildman–Crippen LogP) is -1.09. The minimum Gasteiger partial charge on any atom is -0.399 e. The van der Waals surface area contributed by atoms with Gasteiger partial charge in [0, 0.05) is 13.1 Å². The summed E-state index contributed by atoms with van der Waals surface area (Å²) < 4.78 is 0. The fraction of sp³-hybridized carbons (Fsp3) is 0.875. The van der Waals surface area contributed by atoms with Crippen molar-refractivity contribution in [3.63, 3.8) is 0 Å². The quantitative estimate of drug-likeness (QED) is 0.552. The van der Waals surface area contributed by atoms with Crippen LogP contribution in [0.3, 0.4) is 0 Å². The van der Waals surface area contributed by atoms with Gasteiger partial charge >= 0.3 is 0 Å². The Balaban J connectivity index is 2.86. The van der Waals surface area contributed by atoms with Crippen molar-refractivity contribution in [1.82, 2.24) is 4.90 Å². The third-order valence-corrected chi connectivity index (χ3v) is 2.41. The summed E-state index contributed by atoms with van der Waals surface area (Å²) in [5, 5.41) is 22.2. The standard InChI is InChI=1S/C8H16N2O3/c1-10-3-7(9-13-2)8(4-10,5-11)6-12/h11-12H,3-6H2,1-2H3/b9-7-. The van der Waals surface area contributed by atoms with Gasteiger partial charge in [-0.3, -0.25) is 4.90 Å². The highest BCUT2D eigenvalue weighted by Crippen LogP contribution is 2.26. The fourth-order valence-corrected chi connectivity index (χ4v) is 1.66. The van der Waals surface area contributed by atoms with Crippen molar-refractivity contribution < 1.29 is 15.1 Å². The van der Waals surface area contributed by atoms with Gasteiger partial charge in [-0.1, -0.05) is 5.16 Å². The second kappa shape index (κ2) is 4.04. The molecule has 0 bridgehead atoms. The van der Waals surface area contributed by atoms with Crippen molar-refractivity contribution in [2.24, 2.45) is 10.6 Å². The number of aliphatic hydroxyl groups excluding tert-OH is 2. The van der Waals surface area contributed by atoms with E-state index in [1.165, 1.54) is 7.11 Å². The zero-order chi connectivity index (χ0) is 9.90. The lowest BCUT2D eigenvalue weighted by Crippen LogP contribution is -2.38. The van der Waals surface area contributed by atoms with Crippen LogP contribution < -0.4 is 0 Å². The Morgan fingerprint density at radius 2 is 2.15 bits per heavy atom. The summed E-state index contributed by atoms with van der Waals surface area (Å²) in [6.07, 6.45) is 0. The molecule has 0 aliphatic carbocycles. The van der Waals surface area contributed by atoms with Crippen LogP contribution in [-0.4, -0.2) is 61.3 Å². The van der Waals surface area contributed by atoms with Crippen molar-refractivity contribution in [3.8, 4) is 0 Å². The van der Waals surface area contributed by atoms with Crippen molar-refractivity contribution in [2.45, 2.75) is 0 Å². The maximum atomic E-state index is 9.21. The molecule has 0 atom stereocenters. The molecule has 0 amide bonds. The highest BCUT2D eigenvalue weighted by molar-refractivity contribution is 5.94. The maximum Gasteiger partial charge on any atom is 0.106 e. The minimum absolute atomic E-state index is 0.101. The van der Waals surface area contributed by atoms with Gasteiger partial charge in [-0.25, -0.2) is 0 Å². The van der Waals surface area contributed by atoms with Crippen LogP contribution in [-0.2, 0) is 4.84 Å². The summed E-state index contributed by atoms with van der Waals surface area (Å²) >= 11 is 0. The van der Waals surface area contributed by atoms with Crippen LogP contribution in [0.5, 0.6) is 0 Å². The van der Waals surface area contributed by atoms with Gasteiger partial charge in [-0.05, 0) is 7.05 Å². The van der Waals surface area contributed by atoms with Gasteiger partial charge in [0.05, 0.1) is 24.3 Å². The molecule has 13 heavy (non-hydrogen) atoms. The Bertz CT molecular complexity index is 202. The third-order valence-electron chi connectivity index (χ3n) is 2.41. The molecular weight excluding hydrogens is 172 g/mol. The second-order valence-electron chi connectivity index (χ2n) is 3.49. The Kier molecular flexibility index (Phi) is 3.24. The van der Waals surface area contributed by atoms with Crippen LogP contribution in [0.2, 0.25) is 0 Å². The first-order chi connectivity index (χ1) is 6.18. The monoisotopic (exact) mass is 188 g/mol. The van der Waals surface area contributed by atoms with E-state index in [2.05, 4.69) is 9.99 Å². The summed E-state index contributed by atoms with van der Waals surface area (Å²) in [5.74, 6) is 0. The van der Waals surface area contributed by atoms with Crippen LogP contribution in [0, 0.1) is 5.41 Å². The van der Waals surface area contributed by atoms with E-state index in [1.54, 1.807) is 0 Å². The van der Waals surface area contributed by atoms with E-state index < -0.39 is 5.41 Å². The minimum atomic E-state index is -0.620. The van der Waals surface area contributed by atoms with Crippen LogP contribution in [0.25, 0.3) is 0 Å². The molecule has 0 aromatic rings. The summed E-state index contributed by atoms with van der Waals surface area (Å²) in [5.41, 5.74) is 0.0904. The van der Waals surface area contributed by atoms with Crippen molar-refractivity contribution in [2.75, 3.05) is 40.5 Å². The Hall–Kier alpha value is -0.650. The van der Waals surface area contributed by atoms with Gasteiger partial charge in [0.2, 0.25) is 0 Å². The van der Waals surface area contributed by atoms with E-state index in [1.807, 2.05) is 11.9 Å². The zero-order valence-electron chi connectivity index (χ0n) is 8.03. The Labute approximate surface area is 77.6 Å². The van der Waals surface area contributed by atoms with E-state index in [0.29, 0.717) is 18.8 Å². The Morgan fingerprint density at radius 1 is 1.54 bits per heavy atom. The SMILES string of the molecule is CO/N=C1/CN(C)CC1(CO)CO. The molecule has 76 valence electrons. The maximum absolute atomic E-state index is 9.21. The molecule has 0 aromatic heterocycles. The van der Waals surface area contributed by atoms with Gasteiger partial charge in [0.25, 0.3) is 0 Å². The van der Waals surface area contributed by atoms with Gasteiger partial charge in [0.1, 0.15) is 7.11 Å². The van der Waals surface area contributed by atoms with Crippen LogP contribution >= 0.6 is 0 Å². The number of aliphatic hydroxyl groups is 2. The van der Waals surface area contributed by atoms with Crippen LogP contribution in [0.15, 0.2) is 5.16 Å². The number of likely N-dealkylation sites (tertiary alicyclic amines) is 1. The number of hydrogen-bond donors (Lipinski definition) is 2. The van der Waals surface area contributed by atoms with Crippen LogP contribution in [0.4, 0.5) is 0 Å². The van der Waals surface area contributed by atoms with Crippen LogP contribution in [0.1, 0.15) is 0 Å². The molecule has 0 aromatic carbocycles. The average molecular weight is 188 g/mol. The zero-order valence-corrected chi connectivity index (χ0v) is 8.03. The number of hydrogen-bond acceptors (Lipinski definition) is 5. The van der Waals surface area contributed by atoms with E-state index in [4.69, 9.17) is 0 Å². The molecule has 1 rings (SSSR count). The van der Waals surface area contributed by atoms with Gasteiger partial charge in [-0.2, -0.15) is 0 Å². The van der Waals surface area contributed by atoms with Crippen molar-refractivity contribution in [1.29, 1.82) is 0 Å². The lowest BCUT2D eigenvalue weighted by atomic mass is 9.87. The third kappa shape index (κ3) is 1.82. The molecule has 0 unspecified atom stereocenters. The normalized spacial score (nSPS) is 25.4. The molecule has 5 heteroatoms. The summed E-state index contributed by atoms with van der Waals surface area (Å²) in [7, 11) is 3.38. The first-order valence-electron chi connectivity index (χ1n) is 4.19. The van der Waals surface area contributed by atoms with Gasteiger partial charge in [-0.15, -0.1) is 0 Å². The molecule has 1 saturated heterocycles. The highest BCUT2D eigenvalue weighted by atomic mass is 16.6. The smallest absolute Gasteiger partial charge is 0.106 e. The first kappa shape index (κ1) is 10.4. The topological polar surface area (TPSA) is 65.3 Å². The van der Waals surface area contributed by atoms with Gasteiger partial charge in [0.15, 0.2) is 0 Å². The summed E-state index contributed by atoms with van der Waals surface area (Å²) in [4.78, 5) is 6.66. The number of nitrogens with zero attached hydrogens (tertiary/aromatic N) is 2. The lowest BCUT2D eigenvalue weighted by molar-refractivity contribution is 0.0981. The molecule has 1 aliphatic rings. The fourth-order valence-electron chi connectivity index (χ4n) is 1.66. The molecule has 5 nitrogen and oxygen atoms in total. The molecular formula is C8H16N2O3. The lowest BCUT2D eigenvalue weighted by Gasteiger charge is -2.23. The predicted molar refractivity (Wildman–Crippen MR) is 48.5 cm³/mol. The first-order valence-corrected chi connectivity index (χ1v) is 4.19. The summed E-state index contributed by atoms with van der Waals surface area (Å²) in [6, 6.07) is 0. The number of rotatable bonds is 3. The molecule has 2 N–H and O–H groups in total. The molecule has 0 radical (unpaired) electrons. The van der Waals surface area contributed by atoms with Crippen molar-refractivity contribution in [3.05, 3.63) is 0 Å². The highest BCUT2D eigenvalue weighted by Gasteiger charge is 2.42. The van der Waals surface area contributed by atoms with Crippen molar-refractivity contribution >= 4 is 5.71 Å². The summed E-state index contributed by atoms with van der Waals surface area (Å²) in [6.45, 7) is 1.04. The van der Waals surface area contributed by atoms with E-state index in [9.17, 15) is 10.2 Å². The van der Waals surface area contributed by atoms with Gasteiger partial charge < -0.3 is 15.1 Å². The van der Waals surface area contributed by atoms with E-state index in [0.717, 1.165) is 0 Å². The van der Waals surface area contributed by atoms with E-state index in [-0.39, 0.29) is 13.2 Å². The Morgan fingerprint density at radius 3 is 2.62 bits per heavy atom. The van der Waals surface area contributed by atoms with E-state index >= 15 is 0 Å². The molecule has 1 aliphatic heterocycles. The number of oxime groups is 1. The second-order valence-corrected chi connectivity index (χ2v) is 3.49. The molecule has 0 saturated carbocycles. The molecule has 0 spiro atoms. The largest absolute Gasteiger partial charge is 0.399 e. The molecule has 1 fully saturated rings. The molecule has 1 heterocycles. The average Bonchev–Trinajstić information content (AvgIpc) is 2.44.